The number of ether oxygens (including phenoxy) is 2. The zero-order chi connectivity index (χ0) is 28.4. The van der Waals surface area contributed by atoms with Crippen molar-refractivity contribution in [1.29, 1.82) is 0 Å². The van der Waals surface area contributed by atoms with Crippen LogP contribution >= 0.6 is 0 Å². The van der Waals surface area contributed by atoms with Gasteiger partial charge in [0, 0.05) is 48.2 Å². The Hall–Kier alpha value is -5.23. The Balaban J connectivity index is 1.36. The van der Waals surface area contributed by atoms with Gasteiger partial charge in [-0.2, -0.15) is 0 Å². The van der Waals surface area contributed by atoms with Crippen LogP contribution in [0.3, 0.4) is 0 Å². The predicted octanol–water partition coefficient (Wildman–Crippen LogP) is 6.53. The van der Waals surface area contributed by atoms with Gasteiger partial charge in [0.2, 0.25) is 0 Å². The van der Waals surface area contributed by atoms with E-state index >= 15 is 0 Å². The van der Waals surface area contributed by atoms with Gasteiger partial charge >= 0.3 is 0 Å². The molecule has 3 aromatic heterocycles. The van der Waals surface area contributed by atoms with Crippen molar-refractivity contribution in [2.75, 3.05) is 0 Å². The van der Waals surface area contributed by atoms with Crippen LogP contribution in [0.5, 0.6) is 23.0 Å². The maximum atomic E-state index is 6.87. The van der Waals surface area contributed by atoms with Crippen molar-refractivity contribution >= 4 is 23.1 Å². The second-order valence-corrected chi connectivity index (χ2v) is 11.1. The van der Waals surface area contributed by atoms with Crippen LogP contribution in [0.2, 0.25) is 0 Å². The maximum Gasteiger partial charge on any atom is 0.260 e. The summed E-state index contributed by atoms with van der Waals surface area (Å²) in [5.41, 5.74) is 13.3. The highest BCUT2D eigenvalue weighted by Gasteiger charge is 2.41. The first-order valence-corrected chi connectivity index (χ1v) is 14.1. The molecule has 0 unspecified atom stereocenters. The van der Waals surface area contributed by atoms with Gasteiger partial charge in [0.15, 0.2) is 0 Å². The highest BCUT2D eigenvalue weighted by molar-refractivity contribution is 6.98. The van der Waals surface area contributed by atoms with Crippen LogP contribution in [0, 0.1) is 20.8 Å². The van der Waals surface area contributed by atoms with E-state index in [0.29, 0.717) is 0 Å². The fourth-order valence-electron chi connectivity index (χ4n) is 6.40. The number of fused-ring (bicyclic) bond motifs is 4. The lowest BCUT2D eigenvalue weighted by atomic mass is 9.34. The molecule has 0 aliphatic carbocycles. The highest BCUT2D eigenvalue weighted by Crippen LogP contribution is 2.42. The molecule has 5 nitrogen and oxygen atoms in total. The molecule has 200 valence electrons. The zero-order valence-electron chi connectivity index (χ0n) is 23.6. The third-order valence-electron chi connectivity index (χ3n) is 8.50. The van der Waals surface area contributed by atoms with Crippen molar-refractivity contribution in [3.05, 3.63) is 121 Å². The van der Waals surface area contributed by atoms with Gasteiger partial charge in [-0.15, -0.1) is 0 Å². The molecule has 2 aliphatic heterocycles. The highest BCUT2D eigenvalue weighted by atomic mass is 16.5. The van der Waals surface area contributed by atoms with Gasteiger partial charge in [-0.25, -0.2) is 0 Å². The molecule has 6 heteroatoms. The van der Waals surface area contributed by atoms with Crippen LogP contribution in [0.4, 0.5) is 0 Å². The molecule has 0 radical (unpaired) electrons. The van der Waals surface area contributed by atoms with E-state index < -0.39 is 0 Å². The first-order valence-electron chi connectivity index (χ1n) is 14.1. The third kappa shape index (κ3) is 3.76. The third-order valence-corrected chi connectivity index (χ3v) is 8.50. The van der Waals surface area contributed by atoms with Gasteiger partial charge in [-0.1, -0.05) is 24.3 Å². The van der Waals surface area contributed by atoms with E-state index in [4.69, 9.17) is 9.47 Å². The Bertz CT molecular complexity index is 2040. The van der Waals surface area contributed by atoms with Gasteiger partial charge in [0.25, 0.3) is 6.71 Å². The Morgan fingerprint density at radius 3 is 1.57 bits per heavy atom. The molecule has 5 heterocycles. The number of aryl methyl sites for hydroxylation is 3. The number of rotatable bonds is 3. The normalized spacial score (nSPS) is 12.5. The van der Waals surface area contributed by atoms with Gasteiger partial charge in [-0.05, 0) is 119 Å². The topological polar surface area (TPSA) is 57.1 Å². The molecular formula is C36H26BN3O2. The minimum Gasteiger partial charge on any atom is -0.458 e. The molecule has 0 bridgehead atoms. The van der Waals surface area contributed by atoms with Crippen LogP contribution in [-0.2, 0) is 0 Å². The summed E-state index contributed by atoms with van der Waals surface area (Å²) in [4.78, 5) is 12.9. The lowest BCUT2D eigenvalue weighted by molar-refractivity contribution is 0.466. The van der Waals surface area contributed by atoms with Crippen molar-refractivity contribution in [2.24, 2.45) is 0 Å². The summed E-state index contributed by atoms with van der Waals surface area (Å²) in [6.07, 6.45) is 11.2. The number of hydrogen-bond acceptors (Lipinski definition) is 5. The summed E-state index contributed by atoms with van der Waals surface area (Å²) in [6.45, 7) is 6.22. The summed E-state index contributed by atoms with van der Waals surface area (Å²) in [7, 11) is 0. The first kappa shape index (κ1) is 24.6. The minimum atomic E-state index is -0.0373. The van der Waals surface area contributed by atoms with Gasteiger partial charge in [-0.3, -0.25) is 15.0 Å². The summed E-state index contributed by atoms with van der Waals surface area (Å²) in [5.74, 6) is 3.37. The van der Waals surface area contributed by atoms with E-state index in [1.54, 1.807) is 0 Å². The number of aromatic nitrogens is 3. The quantitative estimate of drug-likeness (QED) is 0.238. The number of hydrogen-bond donors (Lipinski definition) is 0. The van der Waals surface area contributed by atoms with Gasteiger partial charge < -0.3 is 9.47 Å². The molecule has 42 heavy (non-hydrogen) atoms. The van der Waals surface area contributed by atoms with Crippen LogP contribution < -0.4 is 25.9 Å². The number of nitrogens with zero attached hydrogens (tertiary/aromatic N) is 3. The van der Waals surface area contributed by atoms with Crippen molar-refractivity contribution in [3.8, 4) is 56.4 Å². The summed E-state index contributed by atoms with van der Waals surface area (Å²) >= 11 is 0. The average molecular weight is 543 g/mol. The predicted molar refractivity (Wildman–Crippen MR) is 168 cm³/mol. The minimum absolute atomic E-state index is 0.0373. The summed E-state index contributed by atoms with van der Waals surface area (Å²) < 4.78 is 13.5. The van der Waals surface area contributed by atoms with Crippen LogP contribution in [0.15, 0.2) is 104 Å². The second-order valence-electron chi connectivity index (χ2n) is 11.1. The van der Waals surface area contributed by atoms with E-state index in [9.17, 15) is 0 Å². The number of benzene rings is 3. The Kier molecular flexibility index (Phi) is 5.51. The fraction of sp³-hybridized carbons (Fsp3) is 0.0833. The van der Waals surface area contributed by atoms with Crippen molar-refractivity contribution in [1.82, 2.24) is 15.0 Å². The first-order chi connectivity index (χ1) is 20.6. The van der Waals surface area contributed by atoms with E-state index in [-0.39, 0.29) is 6.71 Å². The lowest BCUT2D eigenvalue weighted by Crippen LogP contribution is -2.57. The lowest BCUT2D eigenvalue weighted by Gasteiger charge is -2.34. The standard InChI is InChI=1S/C36H26BN3O2/c1-21-18-38-13-10-26(21)24-4-7-30-33(16-24)41-32-9-6-29(28-12-15-40-20-23(28)3)36-35(32)37(30)31-8-5-25(17-34(31)42-36)27-11-14-39-19-22(27)2/h4-20H,1-3H3. The second kappa shape index (κ2) is 9.42. The zero-order valence-corrected chi connectivity index (χ0v) is 23.6. The van der Waals surface area contributed by atoms with E-state index in [2.05, 4.69) is 102 Å². The largest absolute Gasteiger partial charge is 0.458 e. The van der Waals surface area contributed by atoms with Crippen molar-refractivity contribution in [2.45, 2.75) is 20.8 Å². The van der Waals surface area contributed by atoms with Gasteiger partial charge in [0.05, 0.1) is 0 Å². The molecule has 0 amide bonds. The van der Waals surface area contributed by atoms with E-state index in [0.717, 1.165) is 89.5 Å². The van der Waals surface area contributed by atoms with Crippen molar-refractivity contribution in [3.63, 3.8) is 0 Å². The Morgan fingerprint density at radius 2 is 1.02 bits per heavy atom. The molecule has 6 aromatic rings. The fourth-order valence-corrected chi connectivity index (χ4v) is 6.40. The summed E-state index contributed by atoms with van der Waals surface area (Å²) in [6, 6.07) is 23.5. The molecular weight excluding hydrogens is 517 g/mol. The molecule has 0 fully saturated rings. The molecule has 0 N–H and O–H groups in total. The van der Waals surface area contributed by atoms with E-state index in [1.807, 2.05) is 37.2 Å². The Labute approximate surface area is 245 Å². The van der Waals surface area contributed by atoms with Crippen LogP contribution in [-0.4, -0.2) is 21.7 Å². The van der Waals surface area contributed by atoms with Crippen LogP contribution in [0.1, 0.15) is 16.7 Å². The van der Waals surface area contributed by atoms with E-state index in [1.165, 1.54) is 0 Å². The average Bonchev–Trinajstić information content (AvgIpc) is 3.01. The Morgan fingerprint density at radius 1 is 0.500 bits per heavy atom. The summed E-state index contributed by atoms with van der Waals surface area (Å²) in [5, 5.41) is 0. The van der Waals surface area contributed by atoms with Gasteiger partial charge in [0.1, 0.15) is 23.0 Å². The molecule has 2 aliphatic rings. The molecule has 3 aromatic carbocycles. The maximum absolute atomic E-state index is 6.87. The SMILES string of the molecule is Cc1cnccc1-c1ccc2c(c1)Oc1ccc(-c3ccncc3C)c3c1B2c1ccc(-c2ccncc2C)cc1O3. The molecule has 0 saturated carbocycles. The molecule has 0 spiro atoms. The monoisotopic (exact) mass is 543 g/mol. The van der Waals surface area contributed by atoms with Crippen molar-refractivity contribution < 1.29 is 9.47 Å². The number of pyridine rings is 3. The molecule has 8 rings (SSSR count). The molecule has 0 saturated heterocycles. The smallest absolute Gasteiger partial charge is 0.260 e. The molecule has 0 atom stereocenters. The van der Waals surface area contributed by atoms with Crippen LogP contribution in [0.25, 0.3) is 33.4 Å².